The molecule has 1 aromatic rings. The number of thiophene rings is 1. The second-order valence-corrected chi connectivity index (χ2v) is 3.96. The normalized spacial score (nSPS) is 16.6. The third kappa shape index (κ3) is 1.02. The summed E-state index contributed by atoms with van der Waals surface area (Å²) in [6.07, 6.45) is 2.91. The minimum atomic E-state index is 0.352. The van der Waals surface area contributed by atoms with Crippen LogP contribution in [0, 0.1) is 6.92 Å². The van der Waals surface area contributed by atoms with Crippen LogP contribution in [0.3, 0.4) is 0 Å². The van der Waals surface area contributed by atoms with Gasteiger partial charge in [-0.15, -0.1) is 11.3 Å². The number of hydrogen-bond acceptors (Lipinski definition) is 2. The molecule has 0 fully saturated rings. The lowest BCUT2D eigenvalue weighted by molar-refractivity contribution is 0.0973. The van der Waals surface area contributed by atoms with E-state index >= 15 is 0 Å². The highest BCUT2D eigenvalue weighted by atomic mass is 32.1. The maximum Gasteiger partial charge on any atom is 0.164 e. The van der Waals surface area contributed by atoms with E-state index in [1.807, 2.05) is 6.92 Å². The molecule has 0 atom stereocenters. The number of hydrogen-bond donors (Lipinski definition) is 0. The van der Waals surface area contributed by atoms with Crippen molar-refractivity contribution in [2.24, 2.45) is 0 Å². The molecular weight excluding hydrogens is 156 g/mol. The first kappa shape index (κ1) is 7.04. The topological polar surface area (TPSA) is 17.1 Å². The standard InChI is InChI=1S/C9H10OS/c1-6-5-11-8-4-2-3-7(10)9(6)8/h5H,2-4H2,1H3. The average molecular weight is 166 g/mol. The largest absolute Gasteiger partial charge is 0.294 e. The second kappa shape index (κ2) is 2.45. The predicted octanol–water partition coefficient (Wildman–Crippen LogP) is 2.58. The number of Topliss-reactive ketones (excluding diaryl/α,β-unsaturated/α-hetero) is 1. The van der Waals surface area contributed by atoms with Crippen LogP contribution in [0.2, 0.25) is 0 Å². The molecule has 0 saturated heterocycles. The van der Waals surface area contributed by atoms with Gasteiger partial charge in [0.2, 0.25) is 0 Å². The van der Waals surface area contributed by atoms with Crippen LogP contribution in [0.25, 0.3) is 0 Å². The molecule has 0 unspecified atom stereocenters. The van der Waals surface area contributed by atoms with E-state index in [1.54, 1.807) is 11.3 Å². The van der Waals surface area contributed by atoms with Crippen molar-refractivity contribution in [2.45, 2.75) is 26.2 Å². The summed E-state index contributed by atoms with van der Waals surface area (Å²) in [7, 11) is 0. The molecule has 0 aliphatic heterocycles. The summed E-state index contributed by atoms with van der Waals surface area (Å²) in [4.78, 5) is 12.7. The van der Waals surface area contributed by atoms with E-state index in [9.17, 15) is 4.79 Å². The Bertz CT molecular complexity index is 299. The fourth-order valence-electron chi connectivity index (χ4n) is 1.59. The average Bonchev–Trinajstić information content (AvgIpc) is 2.34. The number of aryl methyl sites for hydroxylation is 2. The summed E-state index contributed by atoms with van der Waals surface area (Å²) in [5.74, 6) is 0.352. The Labute approximate surface area is 70.1 Å². The molecule has 1 heterocycles. The quantitative estimate of drug-likeness (QED) is 0.579. The molecule has 58 valence electrons. The Hall–Kier alpha value is -0.630. The minimum Gasteiger partial charge on any atom is -0.294 e. The molecule has 1 aliphatic carbocycles. The number of rotatable bonds is 0. The summed E-state index contributed by atoms with van der Waals surface area (Å²) in [6, 6.07) is 0. The van der Waals surface area contributed by atoms with Crippen molar-refractivity contribution in [1.82, 2.24) is 0 Å². The highest BCUT2D eigenvalue weighted by Crippen LogP contribution is 2.29. The molecule has 0 saturated carbocycles. The molecule has 1 aliphatic rings. The van der Waals surface area contributed by atoms with Crippen molar-refractivity contribution < 1.29 is 4.79 Å². The summed E-state index contributed by atoms with van der Waals surface area (Å²) in [5.41, 5.74) is 2.20. The molecular formula is C9H10OS. The van der Waals surface area contributed by atoms with Gasteiger partial charge in [0.15, 0.2) is 5.78 Å². The maximum atomic E-state index is 11.4. The first-order valence-corrected chi connectivity index (χ1v) is 4.77. The van der Waals surface area contributed by atoms with Gasteiger partial charge >= 0.3 is 0 Å². The van der Waals surface area contributed by atoms with E-state index < -0.39 is 0 Å². The summed E-state index contributed by atoms with van der Waals surface area (Å²) in [5, 5.41) is 2.09. The van der Waals surface area contributed by atoms with Crippen molar-refractivity contribution in [3.8, 4) is 0 Å². The number of carbonyl (C=O) groups is 1. The predicted molar refractivity (Wildman–Crippen MR) is 46.3 cm³/mol. The Balaban J connectivity index is 2.56. The number of carbonyl (C=O) groups excluding carboxylic acids is 1. The molecule has 1 nitrogen and oxygen atoms in total. The molecule has 0 bridgehead atoms. The first-order chi connectivity index (χ1) is 5.29. The van der Waals surface area contributed by atoms with Gasteiger partial charge < -0.3 is 0 Å². The van der Waals surface area contributed by atoms with Crippen molar-refractivity contribution in [1.29, 1.82) is 0 Å². The zero-order valence-electron chi connectivity index (χ0n) is 6.52. The van der Waals surface area contributed by atoms with E-state index in [0.717, 1.165) is 24.8 Å². The lowest BCUT2D eigenvalue weighted by atomic mass is 9.95. The Morgan fingerprint density at radius 1 is 1.45 bits per heavy atom. The SMILES string of the molecule is Cc1csc2c1C(=O)CCC2. The van der Waals surface area contributed by atoms with Gasteiger partial charge in [0.05, 0.1) is 0 Å². The first-order valence-electron chi connectivity index (χ1n) is 3.89. The van der Waals surface area contributed by atoms with Crippen LogP contribution in [0.1, 0.15) is 33.6 Å². The van der Waals surface area contributed by atoms with Crippen molar-refractivity contribution >= 4 is 17.1 Å². The van der Waals surface area contributed by atoms with Crippen LogP contribution >= 0.6 is 11.3 Å². The van der Waals surface area contributed by atoms with Gasteiger partial charge in [0, 0.05) is 16.9 Å². The molecule has 0 N–H and O–H groups in total. The molecule has 1 aromatic heterocycles. The van der Waals surface area contributed by atoms with Gasteiger partial charge in [-0.2, -0.15) is 0 Å². The fourth-order valence-corrected chi connectivity index (χ4v) is 2.68. The van der Waals surface area contributed by atoms with Gasteiger partial charge in [-0.3, -0.25) is 4.79 Å². The fraction of sp³-hybridized carbons (Fsp3) is 0.444. The summed E-state index contributed by atoms with van der Waals surface area (Å²) >= 11 is 1.73. The Morgan fingerprint density at radius 3 is 3.00 bits per heavy atom. The van der Waals surface area contributed by atoms with Gasteiger partial charge in [0.25, 0.3) is 0 Å². The van der Waals surface area contributed by atoms with Gasteiger partial charge in [-0.05, 0) is 30.7 Å². The molecule has 0 aromatic carbocycles. The second-order valence-electron chi connectivity index (χ2n) is 2.99. The molecule has 2 heteroatoms. The molecule has 0 spiro atoms. The van der Waals surface area contributed by atoms with Crippen LogP contribution < -0.4 is 0 Å². The van der Waals surface area contributed by atoms with E-state index in [1.165, 1.54) is 10.4 Å². The molecule has 2 rings (SSSR count). The van der Waals surface area contributed by atoms with Crippen LogP contribution in [-0.4, -0.2) is 5.78 Å². The highest BCUT2D eigenvalue weighted by molar-refractivity contribution is 7.10. The van der Waals surface area contributed by atoms with Crippen molar-refractivity contribution in [3.05, 3.63) is 21.4 Å². The number of fused-ring (bicyclic) bond motifs is 1. The monoisotopic (exact) mass is 166 g/mol. The Morgan fingerprint density at radius 2 is 2.27 bits per heavy atom. The maximum absolute atomic E-state index is 11.4. The molecule has 11 heavy (non-hydrogen) atoms. The van der Waals surface area contributed by atoms with Gasteiger partial charge in [-0.1, -0.05) is 0 Å². The van der Waals surface area contributed by atoms with E-state index in [2.05, 4.69) is 5.38 Å². The summed E-state index contributed by atoms with van der Waals surface area (Å²) < 4.78 is 0. The third-order valence-corrected chi connectivity index (χ3v) is 3.30. The third-order valence-electron chi connectivity index (χ3n) is 2.14. The highest BCUT2D eigenvalue weighted by Gasteiger charge is 2.20. The lowest BCUT2D eigenvalue weighted by Gasteiger charge is -2.09. The molecule has 0 amide bonds. The van der Waals surface area contributed by atoms with E-state index in [-0.39, 0.29) is 0 Å². The van der Waals surface area contributed by atoms with E-state index in [0.29, 0.717) is 5.78 Å². The van der Waals surface area contributed by atoms with E-state index in [4.69, 9.17) is 0 Å². The van der Waals surface area contributed by atoms with Gasteiger partial charge in [0.1, 0.15) is 0 Å². The van der Waals surface area contributed by atoms with Crippen molar-refractivity contribution in [3.63, 3.8) is 0 Å². The summed E-state index contributed by atoms with van der Waals surface area (Å²) in [6.45, 7) is 2.03. The molecule has 0 radical (unpaired) electrons. The Kier molecular flexibility index (Phi) is 1.57. The zero-order valence-corrected chi connectivity index (χ0v) is 7.33. The lowest BCUT2D eigenvalue weighted by Crippen LogP contribution is -2.08. The zero-order chi connectivity index (χ0) is 7.84. The van der Waals surface area contributed by atoms with Crippen LogP contribution in [0.4, 0.5) is 0 Å². The van der Waals surface area contributed by atoms with Crippen LogP contribution in [0.15, 0.2) is 5.38 Å². The van der Waals surface area contributed by atoms with Gasteiger partial charge in [-0.25, -0.2) is 0 Å². The van der Waals surface area contributed by atoms with Crippen molar-refractivity contribution in [2.75, 3.05) is 0 Å². The van der Waals surface area contributed by atoms with Crippen LogP contribution in [0.5, 0.6) is 0 Å². The smallest absolute Gasteiger partial charge is 0.164 e. The minimum absolute atomic E-state index is 0.352. The van der Waals surface area contributed by atoms with Crippen LogP contribution in [-0.2, 0) is 6.42 Å². The number of ketones is 1.